The van der Waals surface area contributed by atoms with Gasteiger partial charge in [0.2, 0.25) is 0 Å². The van der Waals surface area contributed by atoms with Crippen molar-refractivity contribution in [3.63, 3.8) is 0 Å². The Bertz CT molecular complexity index is 806. The van der Waals surface area contributed by atoms with Crippen molar-refractivity contribution in [2.75, 3.05) is 0 Å². The van der Waals surface area contributed by atoms with Crippen LogP contribution in [0.5, 0.6) is 5.75 Å². The average Bonchev–Trinajstić information content (AvgIpc) is 3.06. The summed E-state index contributed by atoms with van der Waals surface area (Å²) in [5.41, 5.74) is 2.17. The van der Waals surface area contributed by atoms with E-state index in [0.717, 1.165) is 16.9 Å². The van der Waals surface area contributed by atoms with Gasteiger partial charge in [-0.25, -0.2) is 4.79 Å². The minimum atomic E-state index is -1.10. The summed E-state index contributed by atoms with van der Waals surface area (Å²) < 4.78 is 11.2. The van der Waals surface area contributed by atoms with Crippen molar-refractivity contribution in [3.8, 4) is 5.75 Å². The van der Waals surface area contributed by atoms with Crippen molar-refractivity contribution in [1.29, 1.82) is 0 Å². The second-order valence-corrected chi connectivity index (χ2v) is 5.99. The van der Waals surface area contributed by atoms with E-state index in [-0.39, 0.29) is 18.8 Å². The molecule has 0 radical (unpaired) electrons. The molecule has 1 heterocycles. The lowest BCUT2D eigenvalue weighted by molar-refractivity contribution is -0.139. The summed E-state index contributed by atoms with van der Waals surface area (Å²) in [5.74, 6) is -0.386. The van der Waals surface area contributed by atoms with Gasteiger partial charge >= 0.3 is 5.97 Å². The lowest BCUT2D eigenvalue weighted by Gasteiger charge is -2.11. The second-order valence-electron chi connectivity index (χ2n) is 5.99. The normalized spacial score (nSPS) is 12.1. The molecule has 2 aromatic rings. The maximum absolute atomic E-state index is 12.2. The first-order chi connectivity index (χ1) is 12.4. The molecule has 1 atom stereocenters. The van der Waals surface area contributed by atoms with Gasteiger partial charge in [-0.15, -0.1) is 0 Å². The molecule has 26 heavy (non-hydrogen) atoms. The number of rotatable bonds is 8. The number of ether oxygens (including phenoxy) is 1. The zero-order chi connectivity index (χ0) is 19.1. The number of nitrogens with one attached hydrogen (secondary N) is 1. The second kappa shape index (κ2) is 8.89. The van der Waals surface area contributed by atoms with Gasteiger partial charge < -0.3 is 19.6 Å². The van der Waals surface area contributed by atoms with E-state index in [9.17, 15) is 9.59 Å². The quantitative estimate of drug-likeness (QED) is 0.704. The van der Waals surface area contributed by atoms with Gasteiger partial charge in [0.25, 0.3) is 5.91 Å². The van der Waals surface area contributed by atoms with E-state index < -0.39 is 17.9 Å². The molecule has 0 fully saturated rings. The van der Waals surface area contributed by atoms with Crippen molar-refractivity contribution in [2.45, 2.75) is 39.8 Å². The molecule has 6 heteroatoms. The highest BCUT2D eigenvalue weighted by atomic mass is 16.5. The smallest absolute Gasteiger partial charge is 0.326 e. The first-order valence-electron chi connectivity index (χ1n) is 8.34. The molecular formula is C20H23NO5. The molecule has 2 rings (SSSR count). The van der Waals surface area contributed by atoms with E-state index in [1.54, 1.807) is 25.1 Å². The Balaban J connectivity index is 1.97. The number of hydrogen-bond acceptors (Lipinski definition) is 4. The highest BCUT2D eigenvalue weighted by molar-refractivity contribution is 5.94. The van der Waals surface area contributed by atoms with Gasteiger partial charge in [-0.05, 0) is 51.0 Å². The highest BCUT2D eigenvalue weighted by Gasteiger charge is 2.21. The first-order valence-corrected chi connectivity index (χ1v) is 8.34. The monoisotopic (exact) mass is 357 g/mol. The highest BCUT2D eigenvalue weighted by Crippen LogP contribution is 2.20. The van der Waals surface area contributed by atoms with Crippen molar-refractivity contribution in [2.24, 2.45) is 0 Å². The van der Waals surface area contributed by atoms with Crippen LogP contribution in [0.4, 0.5) is 0 Å². The van der Waals surface area contributed by atoms with E-state index in [1.165, 1.54) is 6.07 Å². The molecule has 6 nitrogen and oxygen atoms in total. The van der Waals surface area contributed by atoms with E-state index >= 15 is 0 Å². The van der Waals surface area contributed by atoms with E-state index in [4.69, 9.17) is 14.3 Å². The minimum absolute atomic E-state index is 0.0518. The van der Waals surface area contributed by atoms with E-state index in [0.29, 0.717) is 5.76 Å². The zero-order valence-electron chi connectivity index (χ0n) is 15.1. The number of furan rings is 1. The number of benzene rings is 1. The van der Waals surface area contributed by atoms with Crippen LogP contribution in [0.1, 0.15) is 40.8 Å². The van der Waals surface area contributed by atoms with Crippen LogP contribution in [0.15, 0.2) is 46.9 Å². The van der Waals surface area contributed by atoms with Crippen molar-refractivity contribution >= 4 is 11.9 Å². The minimum Gasteiger partial charge on any atom is -0.485 e. The molecule has 0 saturated heterocycles. The van der Waals surface area contributed by atoms with Gasteiger partial charge in [0.1, 0.15) is 24.2 Å². The van der Waals surface area contributed by atoms with Crippen LogP contribution in [0.2, 0.25) is 0 Å². The third-order valence-corrected chi connectivity index (χ3v) is 3.80. The van der Waals surface area contributed by atoms with Crippen LogP contribution >= 0.6 is 0 Å². The van der Waals surface area contributed by atoms with Gasteiger partial charge in [0, 0.05) is 0 Å². The maximum atomic E-state index is 12.2. The van der Waals surface area contributed by atoms with Crippen LogP contribution in [-0.4, -0.2) is 23.0 Å². The van der Waals surface area contributed by atoms with Crippen molar-refractivity contribution < 1.29 is 23.8 Å². The Morgan fingerprint density at radius 3 is 2.69 bits per heavy atom. The molecule has 1 unspecified atom stereocenters. The van der Waals surface area contributed by atoms with Crippen LogP contribution < -0.4 is 10.1 Å². The molecule has 1 aromatic heterocycles. The number of carbonyl (C=O) groups excluding carboxylic acids is 1. The molecule has 0 aliphatic carbocycles. The van der Waals surface area contributed by atoms with Crippen LogP contribution in [-0.2, 0) is 11.4 Å². The SMILES string of the molecule is C/C=C/CC(NC(=O)c1ccc(COc2ccc(C)cc2C)o1)C(=O)O. The molecule has 0 saturated carbocycles. The van der Waals surface area contributed by atoms with Crippen LogP contribution in [0.3, 0.4) is 0 Å². The predicted molar refractivity (Wildman–Crippen MR) is 97.3 cm³/mol. The van der Waals surface area contributed by atoms with Crippen LogP contribution in [0.25, 0.3) is 0 Å². The summed E-state index contributed by atoms with van der Waals surface area (Å²) in [4.78, 5) is 23.4. The molecule has 0 bridgehead atoms. The molecule has 2 N–H and O–H groups in total. The molecule has 138 valence electrons. The molecule has 0 aliphatic heterocycles. The standard InChI is InChI=1S/C20H23NO5/c1-4-5-6-16(20(23)24)21-19(22)18-10-8-15(26-18)12-25-17-9-7-13(2)11-14(17)3/h4-5,7-11,16H,6,12H2,1-3H3,(H,21,22)(H,23,24)/b5-4+. The Hall–Kier alpha value is -3.02. The van der Waals surface area contributed by atoms with Crippen LogP contribution in [0, 0.1) is 13.8 Å². The summed E-state index contributed by atoms with van der Waals surface area (Å²) in [6, 6.07) is 8.01. The fraction of sp³-hybridized carbons (Fsp3) is 0.300. The fourth-order valence-corrected chi connectivity index (χ4v) is 2.41. The number of hydrogen-bond donors (Lipinski definition) is 2. The summed E-state index contributed by atoms with van der Waals surface area (Å²) in [5, 5.41) is 11.6. The van der Waals surface area contributed by atoms with Crippen molar-refractivity contribution in [1.82, 2.24) is 5.32 Å². The number of carbonyl (C=O) groups is 2. The summed E-state index contributed by atoms with van der Waals surface area (Å²) >= 11 is 0. The molecule has 0 aliphatic rings. The zero-order valence-corrected chi connectivity index (χ0v) is 15.1. The van der Waals surface area contributed by atoms with Gasteiger partial charge in [-0.1, -0.05) is 29.8 Å². The molecule has 0 spiro atoms. The number of amides is 1. The third kappa shape index (κ3) is 5.24. The van der Waals surface area contributed by atoms with E-state index in [2.05, 4.69) is 5.32 Å². The third-order valence-electron chi connectivity index (χ3n) is 3.80. The Morgan fingerprint density at radius 1 is 1.27 bits per heavy atom. The Kier molecular flexibility index (Phi) is 6.60. The summed E-state index contributed by atoms with van der Waals surface area (Å²) in [7, 11) is 0. The number of aliphatic carboxylic acids is 1. The number of carboxylic acid groups (broad SMARTS) is 1. The van der Waals surface area contributed by atoms with E-state index in [1.807, 2.05) is 32.0 Å². The number of allylic oxidation sites excluding steroid dienone is 1. The van der Waals surface area contributed by atoms with Crippen molar-refractivity contribution in [3.05, 3.63) is 65.1 Å². The molecule has 1 amide bonds. The Morgan fingerprint density at radius 2 is 2.04 bits per heavy atom. The fourth-order valence-electron chi connectivity index (χ4n) is 2.41. The van der Waals surface area contributed by atoms with Gasteiger partial charge in [0.15, 0.2) is 5.76 Å². The van der Waals surface area contributed by atoms with Gasteiger partial charge in [0.05, 0.1) is 0 Å². The van der Waals surface area contributed by atoms with Gasteiger partial charge in [-0.2, -0.15) is 0 Å². The summed E-state index contributed by atoms with van der Waals surface area (Å²) in [6.07, 6.45) is 3.63. The number of aryl methyl sites for hydroxylation is 2. The maximum Gasteiger partial charge on any atom is 0.326 e. The summed E-state index contributed by atoms with van der Waals surface area (Å²) in [6.45, 7) is 5.93. The lowest BCUT2D eigenvalue weighted by atomic mass is 10.1. The molecular weight excluding hydrogens is 334 g/mol. The average molecular weight is 357 g/mol. The topological polar surface area (TPSA) is 88.8 Å². The molecule has 1 aromatic carbocycles. The Labute approximate surface area is 152 Å². The largest absolute Gasteiger partial charge is 0.485 e. The number of carboxylic acids is 1. The first kappa shape index (κ1) is 19.3. The lowest BCUT2D eigenvalue weighted by Crippen LogP contribution is -2.40. The van der Waals surface area contributed by atoms with Gasteiger partial charge in [-0.3, -0.25) is 4.79 Å². The predicted octanol–water partition coefficient (Wildman–Crippen LogP) is 3.62.